The number of nitrogens with zero attached hydrogens (tertiary/aromatic N) is 6. The maximum atomic E-state index is 13.9. The fourth-order valence-corrected chi connectivity index (χ4v) is 5.30. The Morgan fingerprint density at radius 1 is 1.05 bits per heavy atom. The van der Waals surface area contributed by atoms with Gasteiger partial charge in [-0.2, -0.15) is 13.2 Å². The summed E-state index contributed by atoms with van der Waals surface area (Å²) >= 11 is 0. The number of rotatable bonds is 7. The SMILES string of the molecule is CC1(C)CC(C(=O)Nc2cc(N=C(c3ccccc3)c3ccccc3)c(OC(F)F)nn2)c2cnc3cc(F)nn3c21. The molecule has 0 spiro atoms. The van der Waals surface area contributed by atoms with Crippen LogP contribution in [0.15, 0.2) is 84.0 Å². The first kappa shape index (κ1) is 27.1. The first-order valence-corrected chi connectivity index (χ1v) is 13.1. The van der Waals surface area contributed by atoms with Gasteiger partial charge in [0.05, 0.1) is 17.3 Å². The summed E-state index contributed by atoms with van der Waals surface area (Å²) in [4.78, 5) is 22.5. The zero-order chi connectivity index (χ0) is 29.4. The summed E-state index contributed by atoms with van der Waals surface area (Å²) in [6.07, 6.45) is 1.95. The van der Waals surface area contributed by atoms with E-state index in [-0.39, 0.29) is 11.5 Å². The fraction of sp³-hybridized carbons (Fsp3) is 0.200. The van der Waals surface area contributed by atoms with Gasteiger partial charge in [0.15, 0.2) is 11.5 Å². The van der Waals surface area contributed by atoms with E-state index in [1.165, 1.54) is 16.6 Å². The molecule has 5 aromatic rings. The van der Waals surface area contributed by atoms with E-state index < -0.39 is 35.7 Å². The van der Waals surface area contributed by atoms with Crippen molar-refractivity contribution in [3.8, 4) is 5.88 Å². The summed E-state index contributed by atoms with van der Waals surface area (Å²) in [7, 11) is 0. The lowest BCUT2D eigenvalue weighted by Crippen LogP contribution is -2.22. The Balaban J connectivity index is 1.38. The first-order valence-electron chi connectivity index (χ1n) is 13.1. The van der Waals surface area contributed by atoms with Gasteiger partial charge in [-0.3, -0.25) is 4.79 Å². The van der Waals surface area contributed by atoms with Crippen molar-refractivity contribution in [1.29, 1.82) is 0 Å². The van der Waals surface area contributed by atoms with Crippen molar-refractivity contribution in [3.05, 3.63) is 107 Å². The molecular weight excluding hydrogens is 547 g/mol. The van der Waals surface area contributed by atoms with E-state index >= 15 is 0 Å². The minimum atomic E-state index is -3.17. The molecule has 3 heterocycles. The number of carbonyl (C=O) groups excluding carboxylic acids is 1. The molecule has 12 heteroatoms. The van der Waals surface area contributed by atoms with E-state index in [0.717, 1.165) is 11.1 Å². The Kier molecular flexibility index (Phi) is 6.89. The molecule has 212 valence electrons. The van der Waals surface area contributed by atoms with Crippen LogP contribution < -0.4 is 10.1 Å². The van der Waals surface area contributed by atoms with Crippen LogP contribution in [0.25, 0.3) is 5.65 Å². The van der Waals surface area contributed by atoms with E-state index in [1.807, 2.05) is 74.5 Å². The number of nitrogens with one attached hydrogen (secondary N) is 1. The van der Waals surface area contributed by atoms with Gasteiger partial charge in [-0.25, -0.2) is 14.5 Å². The molecule has 2 aromatic carbocycles. The maximum absolute atomic E-state index is 13.9. The van der Waals surface area contributed by atoms with E-state index in [2.05, 4.69) is 35.3 Å². The number of ether oxygens (including phenoxy) is 1. The van der Waals surface area contributed by atoms with Crippen molar-refractivity contribution >= 4 is 28.8 Å². The Hall–Kier alpha value is -5.13. The molecule has 1 atom stereocenters. The minimum absolute atomic E-state index is 0.00809. The van der Waals surface area contributed by atoms with E-state index in [9.17, 15) is 18.0 Å². The summed E-state index contributed by atoms with van der Waals surface area (Å²) in [6, 6.07) is 21.0. The molecule has 0 fully saturated rings. The molecule has 1 N–H and O–H groups in total. The minimum Gasteiger partial charge on any atom is -0.413 e. The van der Waals surface area contributed by atoms with Crippen molar-refractivity contribution in [2.75, 3.05) is 5.32 Å². The normalized spacial score (nSPS) is 15.4. The number of anilines is 1. The van der Waals surface area contributed by atoms with Crippen LogP contribution in [-0.4, -0.2) is 43.0 Å². The van der Waals surface area contributed by atoms with Crippen LogP contribution in [0.5, 0.6) is 5.88 Å². The lowest BCUT2D eigenvalue weighted by atomic mass is 9.88. The summed E-state index contributed by atoms with van der Waals surface area (Å²) < 4.78 is 46.5. The van der Waals surface area contributed by atoms with Crippen molar-refractivity contribution < 1.29 is 22.7 Å². The van der Waals surface area contributed by atoms with Gasteiger partial charge in [-0.15, -0.1) is 15.3 Å². The second-order valence-corrected chi connectivity index (χ2v) is 10.4. The molecule has 9 nitrogen and oxygen atoms in total. The van der Waals surface area contributed by atoms with Gasteiger partial charge >= 0.3 is 6.61 Å². The van der Waals surface area contributed by atoms with Gasteiger partial charge in [-0.05, 0) is 6.42 Å². The molecule has 1 aliphatic carbocycles. The highest BCUT2D eigenvalue weighted by molar-refractivity contribution is 6.14. The third-order valence-electron chi connectivity index (χ3n) is 7.05. The van der Waals surface area contributed by atoms with E-state index in [4.69, 9.17) is 0 Å². The van der Waals surface area contributed by atoms with Crippen LogP contribution in [0.1, 0.15) is 48.6 Å². The van der Waals surface area contributed by atoms with Crippen LogP contribution in [0.3, 0.4) is 0 Å². The van der Waals surface area contributed by atoms with Crippen LogP contribution in [0.4, 0.5) is 24.7 Å². The van der Waals surface area contributed by atoms with Crippen LogP contribution >= 0.6 is 0 Å². The molecule has 1 aliphatic rings. The number of benzene rings is 2. The lowest BCUT2D eigenvalue weighted by Gasteiger charge is -2.19. The van der Waals surface area contributed by atoms with Gasteiger partial charge in [0.2, 0.25) is 11.9 Å². The second-order valence-electron chi connectivity index (χ2n) is 10.4. The average molecular weight is 572 g/mol. The molecule has 6 rings (SSSR count). The molecule has 1 amide bonds. The number of fused-ring (bicyclic) bond motifs is 3. The number of hydrogen-bond acceptors (Lipinski definition) is 7. The summed E-state index contributed by atoms with van der Waals surface area (Å²) in [5.41, 5.74) is 3.00. The second kappa shape index (κ2) is 10.7. The monoisotopic (exact) mass is 571 g/mol. The summed E-state index contributed by atoms with van der Waals surface area (Å²) in [5, 5.41) is 14.4. The number of halogens is 3. The van der Waals surface area contributed by atoms with Gasteiger partial charge in [0.1, 0.15) is 5.69 Å². The van der Waals surface area contributed by atoms with Crippen molar-refractivity contribution in [2.45, 2.75) is 38.2 Å². The van der Waals surface area contributed by atoms with Gasteiger partial charge < -0.3 is 10.1 Å². The van der Waals surface area contributed by atoms with Crippen molar-refractivity contribution in [3.63, 3.8) is 0 Å². The molecule has 0 saturated carbocycles. The zero-order valence-electron chi connectivity index (χ0n) is 22.5. The highest BCUT2D eigenvalue weighted by atomic mass is 19.3. The molecule has 0 aliphatic heterocycles. The zero-order valence-corrected chi connectivity index (χ0v) is 22.5. The topological polar surface area (TPSA) is 107 Å². The third kappa shape index (κ3) is 5.18. The van der Waals surface area contributed by atoms with Gasteiger partial charge in [0.25, 0.3) is 5.88 Å². The number of aromatic nitrogens is 5. The van der Waals surface area contributed by atoms with Gasteiger partial charge in [0, 0.05) is 40.4 Å². The molecule has 3 aromatic heterocycles. The predicted molar refractivity (Wildman–Crippen MR) is 149 cm³/mol. The number of alkyl halides is 2. The van der Waals surface area contributed by atoms with E-state index in [1.54, 1.807) is 6.20 Å². The number of amides is 1. The molecule has 1 unspecified atom stereocenters. The maximum Gasteiger partial charge on any atom is 0.388 e. The quantitative estimate of drug-likeness (QED) is 0.246. The summed E-state index contributed by atoms with van der Waals surface area (Å²) in [6.45, 7) is 0.713. The first-order chi connectivity index (χ1) is 20.2. The highest BCUT2D eigenvalue weighted by Gasteiger charge is 2.43. The van der Waals surface area contributed by atoms with Crippen molar-refractivity contribution in [2.24, 2.45) is 4.99 Å². The number of hydrogen-bond donors (Lipinski definition) is 1. The largest absolute Gasteiger partial charge is 0.413 e. The highest BCUT2D eigenvalue weighted by Crippen LogP contribution is 2.46. The molecule has 0 radical (unpaired) electrons. The molecule has 42 heavy (non-hydrogen) atoms. The van der Waals surface area contributed by atoms with Crippen LogP contribution in [0.2, 0.25) is 0 Å². The Bertz CT molecular complexity index is 1770. The molecule has 0 saturated heterocycles. The Morgan fingerprint density at radius 2 is 1.71 bits per heavy atom. The predicted octanol–water partition coefficient (Wildman–Crippen LogP) is 5.83. The summed E-state index contributed by atoms with van der Waals surface area (Å²) in [5.74, 6) is -2.25. The van der Waals surface area contributed by atoms with Crippen LogP contribution in [0, 0.1) is 5.95 Å². The fourth-order valence-electron chi connectivity index (χ4n) is 5.30. The molecule has 0 bridgehead atoms. The Labute approximate surface area is 238 Å². The van der Waals surface area contributed by atoms with Crippen molar-refractivity contribution in [1.82, 2.24) is 24.8 Å². The standard InChI is InChI=1S/C30H24F3N7O2/c1-30(2)15-19(20-16-34-24-14-22(31)39-40(24)26(20)30)27(41)36-23-13-21(28(38-37-23)42-29(32)33)35-25(17-9-5-3-6-10-17)18-11-7-4-8-12-18/h3-14,16,19,29H,15H2,1-2H3,(H,36,37,41). The average Bonchev–Trinajstić information content (AvgIpc) is 3.49. The lowest BCUT2D eigenvalue weighted by molar-refractivity contribution is -0.117. The number of carbonyl (C=O) groups is 1. The number of aliphatic imine (C=N–C) groups is 1. The van der Waals surface area contributed by atoms with Crippen LogP contribution in [-0.2, 0) is 10.2 Å². The smallest absolute Gasteiger partial charge is 0.388 e. The molecular formula is C30H24F3N7O2. The third-order valence-corrected chi connectivity index (χ3v) is 7.05. The van der Waals surface area contributed by atoms with Gasteiger partial charge in [-0.1, -0.05) is 74.5 Å². The Morgan fingerprint density at radius 3 is 2.36 bits per heavy atom. The van der Waals surface area contributed by atoms with E-state index in [0.29, 0.717) is 29.0 Å².